The monoisotopic (exact) mass is 295 g/mol. The van der Waals surface area contributed by atoms with E-state index in [-0.39, 0.29) is 27.3 Å². The van der Waals surface area contributed by atoms with Gasteiger partial charge in [0.25, 0.3) is 0 Å². The Morgan fingerprint density at radius 3 is 2.32 bits per heavy atom. The summed E-state index contributed by atoms with van der Waals surface area (Å²) in [6.07, 6.45) is 1.59. The van der Waals surface area contributed by atoms with Crippen LogP contribution in [0.2, 0.25) is 10.0 Å². The highest BCUT2D eigenvalue weighted by Crippen LogP contribution is 2.30. The smallest absolute Gasteiger partial charge is 0.196 e. The number of halogens is 2. The molecule has 0 unspecified atom stereocenters. The predicted molar refractivity (Wildman–Crippen MR) is 77.7 cm³/mol. The van der Waals surface area contributed by atoms with Crippen LogP contribution in [0.3, 0.4) is 0 Å². The van der Waals surface area contributed by atoms with Gasteiger partial charge in [-0.05, 0) is 30.7 Å². The summed E-state index contributed by atoms with van der Waals surface area (Å²) in [5.74, 6) is -0.128. The Morgan fingerprint density at radius 2 is 1.74 bits per heavy atom. The molecule has 1 aromatic carbocycles. The van der Waals surface area contributed by atoms with E-state index in [0.29, 0.717) is 11.1 Å². The van der Waals surface area contributed by atoms with Gasteiger partial charge < -0.3 is 11.5 Å². The first-order valence-corrected chi connectivity index (χ1v) is 6.17. The highest BCUT2D eigenvalue weighted by molar-refractivity contribution is 6.39. The molecule has 0 amide bonds. The number of nitrogens with zero attached hydrogens (tertiary/aromatic N) is 1. The van der Waals surface area contributed by atoms with Crippen molar-refractivity contribution in [2.45, 2.75) is 6.92 Å². The van der Waals surface area contributed by atoms with E-state index < -0.39 is 0 Å². The highest BCUT2D eigenvalue weighted by atomic mass is 35.5. The molecule has 0 atom stereocenters. The van der Waals surface area contributed by atoms with Crippen LogP contribution >= 0.6 is 23.2 Å². The number of rotatable bonds is 2. The molecule has 19 heavy (non-hydrogen) atoms. The maximum atomic E-state index is 12.4. The molecule has 0 spiro atoms. The van der Waals surface area contributed by atoms with Gasteiger partial charge in [0.05, 0.1) is 21.3 Å². The molecule has 98 valence electrons. The summed E-state index contributed by atoms with van der Waals surface area (Å²) in [7, 11) is 0. The number of nitrogen functional groups attached to an aromatic ring is 2. The number of nitrogens with two attached hydrogens (primary N) is 2. The molecular weight excluding hydrogens is 285 g/mol. The third kappa shape index (κ3) is 2.64. The van der Waals surface area contributed by atoms with Crippen LogP contribution < -0.4 is 11.5 Å². The second-order valence-electron chi connectivity index (χ2n) is 4.13. The second-order valence-corrected chi connectivity index (χ2v) is 4.94. The average Bonchev–Trinajstić information content (AvgIpc) is 2.37. The minimum absolute atomic E-state index is 0.166. The first-order chi connectivity index (χ1) is 8.90. The number of hydrogen-bond donors (Lipinski definition) is 2. The third-order valence-corrected chi connectivity index (χ3v) is 3.27. The van der Waals surface area contributed by atoms with Gasteiger partial charge in [0, 0.05) is 11.8 Å². The summed E-state index contributed by atoms with van der Waals surface area (Å²) in [5.41, 5.74) is 13.1. The van der Waals surface area contributed by atoms with Crippen LogP contribution in [0.4, 0.5) is 11.5 Å². The number of aryl methyl sites for hydroxylation is 1. The van der Waals surface area contributed by atoms with Gasteiger partial charge in [-0.3, -0.25) is 4.79 Å². The molecule has 0 bridgehead atoms. The lowest BCUT2D eigenvalue weighted by atomic mass is 10.0. The van der Waals surface area contributed by atoms with Crippen LogP contribution in [0.1, 0.15) is 21.5 Å². The molecular formula is C13H11Cl2N3O. The van der Waals surface area contributed by atoms with Gasteiger partial charge in [-0.2, -0.15) is 0 Å². The van der Waals surface area contributed by atoms with Gasteiger partial charge in [0.15, 0.2) is 5.78 Å². The molecule has 1 heterocycles. The number of aromatic nitrogens is 1. The highest BCUT2D eigenvalue weighted by Gasteiger charge is 2.16. The van der Waals surface area contributed by atoms with Crippen LogP contribution in [-0.4, -0.2) is 10.8 Å². The topological polar surface area (TPSA) is 82.0 Å². The number of anilines is 2. The minimum atomic E-state index is -0.294. The molecule has 4 nitrogen and oxygen atoms in total. The predicted octanol–water partition coefficient (Wildman–Crippen LogP) is 3.09. The van der Waals surface area contributed by atoms with E-state index in [9.17, 15) is 4.79 Å². The summed E-state index contributed by atoms with van der Waals surface area (Å²) in [6.45, 7) is 1.83. The molecule has 6 heteroatoms. The summed E-state index contributed by atoms with van der Waals surface area (Å²) in [4.78, 5) is 16.3. The number of benzene rings is 1. The zero-order chi connectivity index (χ0) is 14.2. The second kappa shape index (κ2) is 5.07. The number of carbonyl (C=O) groups is 1. The maximum Gasteiger partial charge on any atom is 0.196 e. The SMILES string of the molecule is Cc1cnc(N)c(C(=O)c2cc(Cl)c(N)c(Cl)c2)c1. The Morgan fingerprint density at radius 1 is 1.16 bits per heavy atom. The van der Waals surface area contributed by atoms with Crippen molar-refractivity contribution < 1.29 is 4.79 Å². The number of pyridine rings is 1. The van der Waals surface area contributed by atoms with Gasteiger partial charge >= 0.3 is 0 Å². The van der Waals surface area contributed by atoms with Gasteiger partial charge in [-0.25, -0.2) is 4.98 Å². The molecule has 4 N–H and O–H groups in total. The molecule has 2 aromatic rings. The van der Waals surface area contributed by atoms with Crippen molar-refractivity contribution >= 4 is 40.5 Å². The number of ketones is 1. The Hall–Kier alpha value is -1.78. The molecule has 0 aliphatic carbocycles. The van der Waals surface area contributed by atoms with Crippen LogP contribution in [0.15, 0.2) is 24.4 Å². The molecule has 0 aliphatic rings. The summed E-state index contributed by atoms with van der Waals surface area (Å²) < 4.78 is 0. The maximum absolute atomic E-state index is 12.4. The zero-order valence-corrected chi connectivity index (χ0v) is 11.6. The Labute approximate surface area is 120 Å². The normalized spacial score (nSPS) is 10.5. The van der Waals surface area contributed by atoms with Crippen LogP contribution in [-0.2, 0) is 0 Å². The van der Waals surface area contributed by atoms with E-state index in [1.807, 2.05) is 6.92 Å². The Bertz CT molecular complexity index is 648. The summed E-state index contributed by atoms with van der Waals surface area (Å²) >= 11 is 11.8. The molecule has 1 aromatic heterocycles. The van der Waals surface area contributed by atoms with Crippen LogP contribution in [0.5, 0.6) is 0 Å². The van der Waals surface area contributed by atoms with Crippen molar-refractivity contribution in [1.82, 2.24) is 4.98 Å². The molecule has 0 saturated carbocycles. The van der Waals surface area contributed by atoms with E-state index in [2.05, 4.69) is 4.98 Å². The van der Waals surface area contributed by atoms with E-state index >= 15 is 0 Å². The lowest BCUT2D eigenvalue weighted by Crippen LogP contribution is -2.08. The fourth-order valence-corrected chi connectivity index (χ4v) is 2.12. The van der Waals surface area contributed by atoms with E-state index in [0.717, 1.165) is 5.56 Å². The van der Waals surface area contributed by atoms with Gasteiger partial charge in [0.1, 0.15) is 5.82 Å². The summed E-state index contributed by atoms with van der Waals surface area (Å²) in [5, 5.41) is 0.463. The Kier molecular flexibility index (Phi) is 3.64. The van der Waals surface area contributed by atoms with Gasteiger partial charge in [-0.1, -0.05) is 23.2 Å². The van der Waals surface area contributed by atoms with Crippen molar-refractivity contribution in [3.8, 4) is 0 Å². The van der Waals surface area contributed by atoms with Crippen molar-refractivity contribution in [1.29, 1.82) is 0 Å². The number of carbonyl (C=O) groups excluding carboxylic acids is 1. The quantitative estimate of drug-likeness (QED) is 0.659. The van der Waals surface area contributed by atoms with Gasteiger partial charge in [0.2, 0.25) is 0 Å². The van der Waals surface area contributed by atoms with Crippen LogP contribution in [0, 0.1) is 6.92 Å². The van der Waals surface area contributed by atoms with Crippen molar-refractivity contribution in [2.75, 3.05) is 11.5 Å². The van der Waals surface area contributed by atoms with E-state index in [1.54, 1.807) is 12.3 Å². The van der Waals surface area contributed by atoms with Gasteiger partial charge in [-0.15, -0.1) is 0 Å². The summed E-state index contributed by atoms with van der Waals surface area (Å²) in [6, 6.07) is 4.60. The lowest BCUT2D eigenvalue weighted by molar-refractivity contribution is 0.103. The van der Waals surface area contributed by atoms with Crippen molar-refractivity contribution in [3.05, 3.63) is 51.1 Å². The first kappa shape index (κ1) is 13.6. The Balaban J connectivity index is 2.53. The number of hydrogen-bond acceptors (Lipinski definition) is 4. The lowest BCUT2D eigenvalue weighted by Gasteiger charge is -2.08. The molecule has 0 fully saturated rings. The fourth-order valence-electron chi connectivity index (χ4n) is 1.63. The standard InChI is InChI=1S/C13H11Cl2N3O/c1-6-2-8(13(17)18-5-6)12(19)7-3-9(14)11(16)10(15)4-7/h2-5H,16H2,1H3,(H2,17,18). The average molecular weight is 296 g/mol. The van der Waals surface area contributed by atoms with E-state index in [1.165, 1.54) is 12.1 Å². The minimum Gasteiger partial charge on any atom is -0.396 e. The molecule has 0 radical (unpaired) electrons. The van der Waals surface area contributed by atoms with E-state index in [4.69, 9.17) is 34.7 Å². The molecule has 0 aliphatic heterocycles. The van der Waals surface area contributed by atoms with Crippen molar-refractivity contribution in [3.63, 3.8) is 0 Å². The molecule has 2 rings (SSSR count). The first-order valence-electron chi connectivity index (χ1n) is 5.41. The third-order valence-electron chi connectivity index (χ3n) is 2.64. The van der Waals surface area contributed by atoms with Crippen molar-refractivity contribution in [2.24, 2.45) is 0 Å². The zero-order valence-electron chi connectivity index (χ0n) is 10.1. The molecule has 0 saturated heterocycles. The largest absolute Gasteiger partial charge is 0.396 e. The fraction of sp³-hybridized carbons (Fsp3) is 0.0769. The van der Waals surface area contributed by atoms with Crippen LogP contribution in [0.25, 0.3) is 0 Å².